The normalized spacial score (nSPS) is 14.2. The summed E-state index contributed by atoms with van der Waals surface area (Å²) in [4.78, 5) is 23.9. The average molecular weight is 466 g/mol. The van der Waals surface area contributed by atoms with Crippen molar-refractivity contribution in [3.8, 4) is 0 Å². The third-order valence-corrected chi connectivity index (χ3v) is 4.19. The summed E-state index contributed by atoms with van der Waals surface area (Å²) in [5.74, 6) is -2.07. The standard InChI is InChI=1S/C21H17F7O4/c1-11(29)10-31-19(18(30)13-3-5-17(22)6-4-13)32-12(2)14-7-15(20(23,24)25)9-16(8-14)21(26,27)28/h3-9,12,19H,10H2,1-2H3. The van der Waals surface area contributed by atoms with Gasteiger partial charge in [-0.15, -0.1) is 0 Å². The summed E-state index contributed by atoms with van der Waals surface area (Å²) in [5, 5.41) is 0. The van der Waals surface area contributed by atoms with E-state index in [1.165, 1.54) is 0 Å². The summed E-state index contributed by atoms with van der Waals surface area (Å²) in [7, 11) is 0. The molecular formula is C21H17F7O4. The van der Waals surface area contributed by atoms with Crippen LogP contribution in [0.5, 0.6) is 0 Å². The number of halogens is 7. The molecule has 2 aromatic rings. The van der Waals surface area contributed by atoms with Crippen molar-refractivity contribution in [2.75, 3.05) is 6.61 Å². The van der Waals surface area contributed by atoms with Crippen LogP contribution < -0.4 is 0 Å². The molecule has 4 nitrogen and oxygen atoms in total. The first kappa shape index (κ1) is 25.5. The highest BCUT2D eigenvalue weighted by Crippen LogP contribution is 2.38. The molecule has 0 saturated heterocycles. The van der Waals surface area contributed by atoms with Crippen molar-refractivity contribution in [3.63, 3.8) is 0 Å². The molecule has 0 spiro atoms. The lowest BCUT2D eigenvalue weighted by Crippen LogP contribution is -2.30. The van der Waals surface area contributed by atoms with Gasteiger partial charge in [-0.1, -0.05) is 0 Å². The number of hydrogen-bond acceptors (Lipinski definition) is 4. The van der Waals surface area contributed by atoms with Crippen LogP contribution in [-0.4, -0.2) is 24.5 Å². The second-order valence-corrected chi connectivity index (χ2v) is 6.83. The summed E-state index contributed by atoms with van der Waals surface area (Å²) < 4.78 is 102. The Kier molecular flexibility index (Phi) is 7.79. The number of hydrogen-bond donors (Lipinski definition) is 0. The minimum absolute atomic E-state index is 0.0381. The molecule has 2 unspecified atom stereocenters. The predicted molar refractivity (Wildman–Crippen MR) is 97.1 cm³/mol. The largest absolute Gasteiger partial charge is 0.416 e. The van der Waals surface area contributed by atoms with Crippen LogP contribution in [0.2, 0.25) is 0 Å². The molecule has 0 bridgehead atoms. The third-order valence-electron chi connectivity index (χ3n) is 4.19. The quantitative estimate of drug-likeness (QED) is 0.282. The van der Waals surface area contributed by atoms with Gasteiger partial charge >= 0.3 is 12.4 Å². The minimum Gasteiger partial charge on any atom is -0.338 e. The number of Topliss-reactive ketones (excluding diaryl/α,β-unsaturated/α-hetero) is 2. The first-order chi connectivity index (χ1) is 14.7. The van der Waals surface area contributed by atoms with Crippen molar-refractivity contribution in [1.29, 1.82) is 0 Å². The van der Waals surface area contributed by atoms with Gasteiger partial charge in [0.05, 0.1) is 17.2 Å². The highest BCUT2D eigenvalue weighted by molar-refractivity contribution is 5.98. The van der Waals surface area contributed by atoms with Gasteiger partial charge in [-0.3, -0.25) is 9.59 Å². The van der Waals surface area contributed by atoms with Gasteiger partial charge in [-0.05, 0) is 61.9 Å². The first-order valence-corrected chi connectivity index (χ1v) is 9.04. The molecule has 32 heavy (non-hydrogen) atoms. The number of carbonyl (C=O) groups excluding carboxylic acids is 2. The Morgan fingerprint density at radius 2 is 1.41 bits per heavy atom. The van der Waals surface area contributed by atoms with E-state index >= 15 is 0 Å². The van der Waals surface area contributed by atoms with Crippen molar-refractivity contribution in [3.05, 3.63) is 70.5 Å². The smallest absolute Gasteiger partial charge is 0.338 e. The second kappa shape index (κ2) is 9.78. The first-order valence-electron chi connectivity index (χ1n) is 9.04. The fourth-order valence-corrected chi connectivity index (χ4v) is 2.60. The van der Waals surface area contributed by atoms with Crippen LogP contribution in [0.3, 0.4) is 0 Å². The van der Waals surface area contributed by atoms with Gasteiger partial charge in [0.25, 0.3) is 0 Å². The molecule has 0 aliphatic rings. The van der Waals surface area contributed by atoms with Crippen molar-refractivity contribution < 1.29 is 49.8 Å². The van der Waals surface area contributed by atoms with Gasteiger partial charge < -0.3 is 9.47 Å². The Hall–Kier alpha value is -2.79. The molecule has 0 aromatic heterocycles. The highest BCUT2D eigenvalue weighted by Gasteiger charge is 2.37. The van der Waals surface area contributed by atoms with Gasteiger partial charge in [0, 0.05) is 5.56 Å². The zero-order valence-electron chi connectivity index (χ0n) is 16.7. The Morgan fingerprint density at radius 1 is 0.906 bits per heavy atom. The van der Waals surface area contributed by atoms with Gasteiger partial charge in [0.1, 0.15) is 12.4 Å². The van der Waals surface area contributed by atoms with E-state index in [1.54, 1.807) is 0 Å². The number of ether oxygens (including phenoxy) is 2. The Bertz CT molecular complexity index is 933. The molecule has 2 aromatic carbocycles. The maximum atomic E-state index is 13.1. The van der Waals surface area contributed by atoms with Crippen molar-refractivity contribution in [2.45, 2.75) is 38.6 Å². The molecule has 2 atom stereocenters. The molecular weight excluding hydrogens is 449 g/mol. The summed E-state index contributed by atoms with van der Waals surface area (Å²) >= 11 is 0. The molecule has 0 amide bonds. The van der Waals surface area contributed by atoms with E-state index in [0.717, 1.165) is 38.1 Å². The van der Waals surface area contributed by atoms with E-state index < -0.39 is 65.4 Å². The van der Waals surface area contributed by atoms with Crippen LogP contribution in [0.4, 0.5) is 30.7 Å². The number of rotatable bonds is 8. The number of benzene rings is 2. The zero-order valence-corrected chi connectivity index (χ0v) is 16.7. The maximum Gasteiger partial charge on any atom is 0.416 e. The van der Waals surface area contributed by atoms with Gasteiger partial charge in [-0.2, -0.15) is 26.3 Å². The SMILES string of the molecule is CC(=O)COC(OC(C)c1cc(C(F)(F)F)cc(C(F)(F)F)c1)C(=O)c1ccc(F)cc1. The van der Waals surface area contributed by atoms with Gasteiger partial charge in [0.15, 0.2) is 5.78 Å². The van der Waals surface area contributed by atoms with E-state index in [-0.39, 0.29) is 11.6 Å². The molecule has 0 heterocycles. The lowest BCUT2D eigenvalue weighted by molar-refractivity contribution is -0.153. The van der Waals surface area contributed by atoms with Crippen LogP contribution in [-0.2, 0) is 26.6 Å². The summed E-state index contributed by atoms with van der Waals surface area (Å²) in [6, 6.07) is 4.98. The molecule has 0 aliphatic carbocycles. The predicted octanol–water partition coefficient (Wildman–Crippen LogP) is 5.76. The molecule has 0 saturated carbocycles. The fourth-order valence-electron chi connectivity index (χ4n) is 2.60. The molecule has 0 fully saturated rings. The number of carbonyl (C=O) groups is 2. The van der Waals surface area contributed by atoms with Gasteiger partial charge in [-0.25, -0.2) is 4.39 Å². The monoisotopic (exact) mass is 466 g/mol. The van der Waals surface area contributed by atoms with Crippen LogP contribution in [0.15, 0.2) is 42.5 Å². The molecule has 0 radical (unpaired) electrons. The van der Waals surface area contributed by atoms with Crippen LogP contribution in [0.1, 0.15) is 47.0 Å². The Balaban J connectivity index is 2.39. The second-order valence-electron chi connectivity index (χ2n) is 6.83. The molecule has 0 aliphatic heterocycles. The van der Waals surface area contributed by atoms with E-state index in [0.29, 0.717) is 12.1 Å². The zero-order chi connectivity index (χ0) is 24.3. The molecule has 174 valence electrons. The average Bonchev–Trinajstić information content (AvgIpc) is 2.69. The van der Waals surface area contributed by atoms with E-state index in [1.807, 2.05) is 0 Å². The highest BCUT2D eigenvalue weighted by atomic mass is 19.4. The molecule has 0 N–H and O–H groups in total. The van der Waals surface area contributed by atoms with Crippen molar-refractivity contribution in [2.24, 2.45) is 0 Å². The van der Waals surface area contributed by atoms with E-state index in [9.17, 15) is 40.3 Å². The van der Waals surface area contributed by atoms with Crippen LogP contribution in [0.25, 0.3) is 0 Å². The Labute approximate surface area is 177 Å². The molecule has 2 rings (SSSR count). The minimum atomic E-state index is -5.07. The van der Waals surface area contributed by atoms with Crippen molar-refractivity contribution in [1.82, 2.24) is 0 Å². The van der Waals surface area contributed by atoms with Gasteiger partial charge in [0.2, 0.25) is 12.1 Å². The lowest BCUT2D eigenvalue weighted by atomic mass is 10.0. The maximum absolute atomic E-state index is 13.1. The number of alkyl halides is 6. The topological polar surface area (TPSA) is 52.6 Å². The Morgan fingerprint density at radius 3 is 1.84 bits per heavy atom. The van der Waals surface area contributed by atoms with E-state index in [4.69, 9.17) is 9.47 Å². The molecule has 11 heteroatoms. The third kappa shape index (κ3) is 6.86. The lowest BCUT2D eigenvalue weighted by Gasteiger charge is -2.23. The van der Waals surface area contributed by atoms with E-state index in [2.05, 4.69) is 0 Å². The van der Waals surface area contributed by atoms with Crippen LogP contribution >= 0.6 is 0 Å². The number of ketones is 2. The van der Waals surface area contributed by atoms with Crippen LogP contribution in [0, 0.1) is 5.82 Å². The summed E-state index contributed by atoms with van der Waals surface area (Å²) in [6.45, 7) is 1.64. The van der Waals surface area contributed by atoms with Crippen molar-refractivity contribution >= 4 is 11.6 Å². The summed E-state index contributed by atoms with van der Waals surface area (Å²) in [5.41, 5.74) is -3.73. The fraction of sp³-hybridized carbons (Fsp3) is 0.333. The summed E-state index contributed by atoms with van der Waals surface area (Å²) in [6.07, 6.45) is -13.4.